The predicted octanol–water partition coefficient (Wildman–Crippen LogP) is 22.6. The Kier molecular flexibility index (Phi) is 9.75. The fourth-order valence-electron chi connectivity index (χ4n) is 13.4. The average molecular weight is 1080 g/mol. The van der Waals surface area contributed by atoms with Gasteiger partial charge in [-0.2, -0.15) is 4.57 Å². The van der Waals surface area contributed by atoms with E-state index in [2.05, 4.69) is 237 Å². The van der Waals surface area contributed by atoms with Gasteiger partial charge in [0.15, 0.2) is 0 Å². The van der Waals surface area contributed by atoms with Gasteiger partial charge in [-0.3, -0.25) is 0 Å². The van der Waals surface area contributed by atoms with Crippen molar-refractivity contribution in [2.45, 2.75) is 0 Å². The van der Waals surface area contributed by atoms with E-state index < -0.39 is 7.82 Å². The average Bonchev–Trinajstić information content (AvgIpc) is 3.70. The van der Waals surface area contributed by atoms with Crippen LogP contribution in [0.15, 0.2) is 273 Å². The highest BCUT2D eigenvalue weighted by Crippen LogP contribution is 2.54. The lowest BCUT2D eigenvalue weighted by molar-refractivity contribution is 0.302. The summed E-state index contributed by atoms with van der Waals surface area (Å²) < 4.78 is 37.6. The number of fused-ring (bicyclic) bond motifs is 18. The SMILES string of the molecule is O=P(Oc1cccc2cc3ccc4cc5cc6ccccc6cc5cc4c3cc12)(Oc1cccc2cc3ccc4cc5cc6ccccc6cc5cc4c3cc12)Oc1cccc2cc3ccc4cc5cc6ccccc6cc5cc4c3cc12. The molecule has 0 fully saturated rings. The zero-order chi connectivity index (χ0) is 54.5. The molecule has 0 radical (unpaired) electrons. The number of hydrogen-bond donors (Lipinski definition) is 0. The van der Waals surface area contributed by atoms with Crippen LogP contribution in [0, 0.1) is 0 Å². The summed E-state index contributed by atoms with van der Waals surface area (Å²) in [6, 6.07) is 96.7. The predicted molar refractivity (Wildman–Crippen MR) is 351 cm³/mol. The first-order valence-corrected chi connectivity index (χ1v) is 29.6. The summed E-state index contributed by atoms with van der Waals surface area (Å²) in [4.78, 5) is 0. The molecule has 18 aromatic rings. The molecule has 0 heterocycles. The number of phosphoric ester groups is 1. The van der Waals surface area contributed by atoms with Crippen LogP contribution in [-0.4, -0.2) is 0 Å². The third-order valence-corrected chi connectivity index (χ3v) is 18.7. The quantitative estimate of drug-likeness (QED) is 0.0946. The fraction of sp³-hybridized carbons (Fsp3) is 0. The molecule has 0 aliphatic heterocycles. The number of rotatable bonds is 6. The van der Waals surface area contributed by atoms with Crippen LogP contribution in [0.1, 0.15) is 0 Å². The molecule has 0 atom stereocenters. The lowest BCUT2D eigenvalue weighted by atomic mass is 9.94. The summed E-state index contributed by atoms with van der Waals surface area (Å²) in [5, 5.41) is 32.6. The van der Waals surface area contributed by atoms with Crippen LogP contribution in [0.25, 0.3) is 162 Å². The molecular weight excluding hydrogens is 1030 g/mol. The molecule has 0 aliphatic rings. The third kappa shape index (κ3) is 7.50. The first-order chi connectivity index (χ1) is 40.8. The topological polar surface area (TPSA) is 44.8 Å². The molecule has 4 nitrogen and oxygen atoms in total. The molecule has 18 rings (SSSR count). The molecule has 0 aliphatic carbocycles. The largest absolute Gasteiger partial charge is 0.647 e. The lowest BCUT2D eigenvalue weighted by Gasteiger charge is -2.22. The van der Waals surface area contributed by atoms with E-state index >= 15 is 4.57 Å². The molecule has 0 unspecified atom stereocenters. The Morgan fingerprint density at radius 2 is 0.361 bits per heavy atom. The van der Waals surface area contributed by atoms with Gasteiger partial charge in [0.2, 0.25) is 0 Å². The van der Waals surface area contributed by atoms with Gasteiger partial charge in [0.1, 0.15) is 17.2 Å². The van der Waals surface area contributed by atoms with Crippen molar-refractivity contribution >= 4 is 169 Å². The van der Waals surface area contributed by atoms with E-state index in [-0.39, 0.29) is 0 Å². The van der Waals surface area contributed by atoms with Gasteiger partial charge in [0.25, 0.3) is 0 Å². The summed E-state index contributed by atoms with van der Waals surface area (Å²) in [6.07, 6.45) is 0. The Bertz CT molecular complexity index is 5390. The Morgan fingerprint density at radius 3 is 0.627 bits per heavy atom. The minimum absolute atomic E-state index is 0.378. The van der Waals surface area contributed by atoms with Crippen molar-refractivity contribution in [1.82, 2.24) is 0 Å². The van der Waals surface area contributed by atoms with Crippen LogP contribution in [0.2, 0.25) is 0 Å². The Morgan fingerprint density at radius 1 is 0.169 bits per heavy atom. The Labute approximate surface area is 475 Å². The zero-order valence-corrected chi connectivity index (χ0v) is 45.5. The molecule has 5 heteroatoms. The first-order valence-electron chi connectivity index (χ1n) is 28.2. The summed E-state index contributed by atoms with van der Waals surface area (Å²) in [7, 11) is -4.69. The molecular formula is C78H45O4P. The zero-order valence-electron chi connectivity index (χ0n) is 44.6. The monoisotopic (exact) mass is 1080 g/mol. The van der Waals surface area contributed by atoms with E-state index in [0.717, 1.165) is 113 Å². The Hall–Kier alpha value is -10.5. The second kappa shape index (κ2) is 17.5. The smallest absolute Gasteiger partial charge is 0.385 e. The van der Waals surface area contributed by atoms with E-state index in [1.807, 2.05) is 36.4 Å². The molecule has 0 N–H and O–H groups in total. The number of hydrogen-bond acceptors (Lipinski definition) is 4. The molecule has 386 valence electrons. The van der Waals surface area contributed by atoms with Gasteiger partial charge in [-0.15, -0.1) is 0 Å². The summed E-state index contributed by atoms with van der Waals surface area (Å²) in [6.45, 7) is 0. The molecule has 0 saturated heterocycles. The van der Waals surface area contributed by atoms with Crippen LogP contribution < -0.4 is 13.6 Å². The molecule has 18 aromatic carbocycles. The normalized spacial score (nSPS) is 12.4. The van der Waals surface area contributed by atoms with Gasteiger partial charge in [-0.1, -0.05) is 146 Å². The number of phosphoric acid groups is 1. The maximum absolute atomic E-state index is 16.6. The summed E-state index contributed by atoms with van der Waals surface area (Å²) >= 11 is 0. The van der Waals surface area contributed by atoms with E-state index in [4.69, 9.17) is 13.6 Å². The van der Waals surface area contributed by atoms with Crippen LogP contribution in [-0.2, 0) is 4.57 Å². The van der Waals surface area contributed by atoms with Crippen molar-refractivity contribution in [3.63, 3.8) is 0 Å². The van der Waals surface area contributed by atoms with Gasteiger partial charge in [0, 0.05) is 16.2 Å². The molecule has 0 saturated carbocycles. The molecule has 0 amide bonds. The van der Waals surface area contributed by atoms with Gasteiger partial charge in [-0.25, -0.2) is 0 Å². The first kappa shape index (κ1) is 46.3. The highest BCUT2D eigenvalue weighted by molar-refractivity contribution is 7.49. The van der Waals surface area contributed by atoms with Gasteiger partial charge in [-0.05, 0) is 273 Å². The highest BCUT2D eigenvalue weighted by atomic mass is 31.2. The highest BCUT2D eigenvalue weighted by Gasteiger charge is 2.35. The fourth-order valence-corrected chi connectivity index (χ4v) is 14.7. The second-order valence-corrected chi connectivity index (χ2v) is 23.9. The van der Waals surface area contributed by atoms with Gasteiger partial charge >= 0.3 is 7.82 Å². The van der Waals surface area contributed by atoms with Crippen LogP contribution in [0.5, 0.6) is 17.2 Å². The van der Waals surface area contributed by atoms with Crippen molar-refractivity contribution in [2.24, 2.45) is 0 Å². The maximum Gasteiger partial charge on any atom is 0.647 e. The third-order valence-electron chi connectivity index (χ3n) is 17.5. The second-order valence-electron chi connectivity index (χ2n) is 22.4. The van der Waals surface area contributed by atoms with Gasteiger partial charge < -0.3 is 13.6 Å². The van der Waals surface area contributed by atoms with Gasteiger partial charge in [0.05, 0.1) is 0 Å². The van der Waals surface area contributed by atoms with Crippen molar-refractivity contribution in [2.75, 3.05) is 0 Å². The van der Waals surface area contributed by atoms with Crippen molar-refractivity contribution < 1.29 is 18.1 Å². The molecule has 0 bridgehead atoms. The van der Waals surface area contributed by atoms with Crippen molar-refractivity contribution in [3.05, 3.63) is 273 Å². The summed E-state index contributed by atoms with van der Waals surface area (Å²) in [5.74, 6) is 1.14. The summed E-state index contributed by atoms with van der Waals surface area (Å²) in [5.41, 5.74) is 0. The molecule has 0 aromatic heterocycles. The van der Waals surface area contributed by atoms with Crippen molar-refractivity contribution in [3.8, 4) is 17.2 Å². The minimum atomic E-state index is -4.69. The van der Waals surface area contributed by atoms with Crippen LogP contribution in [0.4, 0.5) is 0 Å². The minimum Gasteiger partial charge on any atom is -0.385 e. The maximum atomic E-state index is 16.6. The molecule has 0 spiro atoms. The van der Waals surface area contributed by atoms with E-state index in [0.29, 0.717) is 17.2 Å². The van der Waals surface area contributed by atoms with E-state index in [1.54, 1.807) is 0 Å². The standard InChI is InChI=1S/C78H45O4P/c79-83(80-76-19-7-16-52-34-55-22-25-58-37-61-28-46-10-1-4-13-49(46)31-64(61)40-67(58)70(55)43-73(52)76,81-77-20-8-17-53-35-56-23-26-59-38-62-29-47-11-2-5-14-50(47)32-65(62)41-68(59)71(56)44-74(53)77)82-78-21-9-18-54-36-57-24-27-60-39-63-30-48-12-3-6-15-51(48)33-66(63)42-69(60)72(57)45-75(54)78/h1-45H. The van der Waals surface area contributed by atoms with Crippen LogP contribution in [0.3, 0.4) is 0 Å². The Balaban J connectivity index is 0.820. The van der Waals surface area contributed by atoms with Crippen molar-refractivity contribution in [1.29, 1.82) is 0 Å². The van der Waals surface area contributed by atoms with Crippen LogP contribution >= 0.6 is 7.82 Å². The molecule has 83 heavy (non-hydrogen) atoms. The van der Waals surface area contributed by atoms with E-state index in [1.165, 1.54) is 48.5 Å². The lowest BCUT2D eigenvalue weighted by Crippen LogP contribution is -2.08. The number of benzene rings is 18. The van der Waals surface area contributed by atoms with E-state index in [9.17, 15) is 0 Å².